The number of ether oxygens (including phenoxy) is 1. The van der Waals surface area contributed by atoms with Crippen LogP contribution in [0.2, 0.25) is 0 Å². The number of piperazine rings is 1. The predicted octanol–water partition coefficient (Wildman–Crippen LogP) is 3.95. The number of para-hydroxylation sites is 1. The maximum absolute atomic E-state index is 5.49. The van der Waals surface area contributed by atoms with Crippen molar-refractivity contribution in [2.24, 2.45) is 0 Å². The molecule has 3 aromatic rings. The highest BCUT2D eigenvalue weighted by Crippen LogP contribution is 2.21. The summed E-state index contributed by atoms with van der Waals surface area (Å²) in [6, 6.07) is 20.3. The molecule has 1 aliphatic rings. The van der Waals surface area contributed by atoms with Crippen LogP contribution in [0.5, 0.6) is 5.75 Å². The van der Waals surface area contributed by atoms with Crippen molar-refractivity contribution in [3.8, 4) is 5.75 Å². The Bertz CT molecular complexity index is 877. The molecule has 0 unspecified atom stereocenters. The van der Waals surface area contributed by atoms with E-state index in [0.29, 0.717) is 6.61 Å². The molecular weight excluding hydrogens is 350 g/mol. The van der Waals surface area contributed by atoms with E-state index in [0.717, 1.165) is 49.4 Å². The average Bonchev–Trinajstić information content (AvgIpc) is 2.76. The second kappa shape index (κ2) is 8.61. The maximum Gasteiger partial charge on any atom is 0.227 e. The number of nitrogens with zero attached hydrogens (tertiary/aromatic N) is 4. The summed E-state index contributed by atoms with van der Waals surface area (Å²) < 4.78 is 5.49. The van der Waals surface area contributed by atoms with E-state index < -0.39 is 0 Å². The second-order valence-corrected chi connectivity index (χ2v) is 6.63. The summed E-state index contributed by atoms with van der Waals surface area (Å²) in [7, 11) is 0. The molecule has 144 valence electrons. The lowest BCUT2D eigenvalue weighted by molar-refractivity contribution is 0.340. The quantitative estimate of drug-likeness (QED) is 0.704. The molecule has 1 N–H and O–H groups in total. The molecule has 28 heavy (non-hydrogen) atoms. The number of hydrogen-bond donors (Lipinski definition) is 1. The van der Waals surface area contributed by atoms with E-state index in [1.165, 1.54) is 5.69 Å². The maximum atomic E-state index is 5.49. The number of nitrogens with one attached hydrogen (secondary N) is 1. The molecule has 2 heterocycles. The van der Waals surface area contributed by atoms with Gasteiger partial charge in [0, 0.05) is 43.8 Å². The second-order valence-electron chi connectivity index (χ2n) is 6.63. The lowest BCUT2D eigenvalue weighted by Gasteiger charge is -2.36. The summed E-state index contributed by atoms with van der Waals surface area (Å²) in [5.41, 5.74) is 2.25. The first-order valence-corrected chi connectivity index (χ1v) is 9.70. The Labute approximate surface area is 165 Å². The fraction of sp³-hybridized carbons (Fsp3) is 0.273. The van der Waals surface area contributed by atoms with Gasteiger partial charge >= 0.3 is 0 Å². The first-order chi connectivity index (χ1) is 13.8. The van der Waals surface area contributed by atoms with Crippen LogP contribution >= 0.6 is 0 Å². The molecule has 4 rings (SSSR count). The molecule has 6 nitrogen and oxygen atoms in total. The Kier molecular flexibility index (Phi) is 5.56. The Morgan fingerprint density at radius 2 is 1.61 bits per heavy atom. The van der Waals surface area contributed by atoms with Crippen LogP contribution in [0.4, 0.5) is 23.1 Å². The minimum Gasteiger partial charge on any atom is -0.494 e. The highest BCUT2D eigenvalue weighted by Gasteiger charge is 2.19. The molecule has 0 spiro atoms. The van der Waals surface area contributed by atoms with Crippen molar-refractivity contribution in [3.05, 3.63) is 66.9 Å². The first kappa shape index (κ1) is 18.1. The molecule has 6 heteroatoms. The van der Waals surface area contributed by atoms with E-state index in [-0.39, 0.29) is 0 Å². The highest BCUT2D eigenvalue weighted by atomic mass is 16.5. The first-order valence-electron chi connectivity index (χ1n) is 9.70. The van der Waals surface area contributed by atoms with Crippen LogP contribution < -0.4 is 19.9 Å². The van der Waals surface area contributed by atoms with Crippen molar-refractivity contribution in [2.75, 3.05) is 47.9 Å². The zero-order valence-corrected chi connectivity index (χ0v) is 16.1. The van der Waals surface area contributed by atoms with Gasteiger partial charge in [-0.3, -0.25) is 0 Å². The summed E-state index contributed by atoms with van der Waals surface area (Å²) in [4.78, 5) is 13.8. The fourth-order valence-electron chi connectivity index (χ4n) is 3.32. The summed E-state index contributed by atoms with van der Waals surface area (Å²) in [6.45, 7) is 6.38. The van der Waals surface area contributed by atoms with Gasteiger partial charge < -0.3 is 19.9 Å². The molecule has 1 aromatic heterocycles. The summed E-state index contributed by atoms with van der Waals surface area (Å²) in [5.74, 6) is 2.43. The lowest BCUT2D eigenvalue weighted by Crippen LogP contribution is -2.47. The van der Waals surface area contributed by atoms with Crippen LogP contribution in [0, 0.1) is 0 Å². The number of aromatic nitrogens is 2. The zero-order chi connectivity index (χ0) is 19.2. The minimum atomic E-state index is 0.666. The van der Waals surface area contributed by atoms with Crippen molar-refractivity contribution in [2.45, 2.75) is 6.92 Å². The van der Waals surface area contributed by atoms with E-state index in [1.807, 2.05) is 43.5 Å². The summed E-state index contributed by atoms with van der Waals surface area (Å²) >= 11 is 0. The topological polar surface area (TPSA) is 53.5 Å². The van der Waals surface area contributed by atoms with Crippen LogP contribution in [-0.2, 0) is 0 Å². The van der Waals surface area contributed by atoms with Gasteiger partial charge in [0.05, 0.1) is 6.61 Å². The highest BCUT2D eigenvalue weighted by molar-refractivity contribution is 5.58. The van der Waals surface area contributed by atoms with Crippen LogP contribution in [-0.4, -0.2) is 42.8 Å². The van der Waals surface area contributed by atoms with Crippen molar-refractivity contribution < 1.29 is 4.74 Å². The van der Waals surface area contributed by atoms with Gasteiger partial charge in [-0.1, -0.05) is 18.2 Å². The Morgan fingerprint density at radius 3 is 2.32 bits per heavy atom. The van der Waals surface area contributed by atoms with Gasteiger partial charge in [0.1, 0.15) is 11.6 Å². The summed E-state index contributed by atoms with van der Waals surface area (Å²) in [6.07, 6.45) is 1.81. The largest absolute Gasteiger partial charge is 0.494 e. The predicted molar refractivity (Wildman–Crippen MR) is 114 cm³/mol. The molecule has 0 radical (unpaired) electrons. The van der Waals surface area contributed by atoms with Gasteiger partial charge in [-0.15, -0.1) is 0 Å². The SMILES string of the molecule is CCOc1ccc(Nc2ccnc(N3CCN(c4ccccc4)CC3)n2)cc1. The van der Waals surface area contributed by atoms with Gasteiger partial charge in [-0.05, 0) is 49.4 Å². The Balaban J connectivity index is 1.39. The van der Waals surface area contributed by atoms with Crippen LogP contribution in [0.15, 0.2) is 66.9 Å². The molecule has 1 aliphatic heterocycles. The molecule has 2 aromatic carbocycles. The number of rotatable bonds is 6. The van der Waals surface area contributed by atoms with Crippen molar-refractivity contribution in [1.82, 2.24) is 9.97 Å². The Hall–Kier alpha value is -3.28. The van der Waals surface area contributed by atoms with Gasteiger partial charge in [-0.2, -0.15) is 4.98 Å². The van der Waals surface area contributed by atoms with Gasteiger partial charge in [-0.25, -0.2) is 4.98 Å². The number of anilines is 4. The molecule has 1 fully saturated rings. The van der Waals surface area contributed by atoms with Crippen LogP contribution in [0.1, 0.15) is 6.92 Å². The smallest absolute Gasteiger partial charge is 0.227 e. The fourth-order valence-corrected chi connectivity index (χ4v) is 3.32. The van der Waals surface area contributed by atoms with Crippen molar-refractivity contribution in [1.29, 1.82) is 0 Å². The van der Waals surface area contributed by atoms with Crippen LogP contribution in [0.3, 0.4) is 0 Å². The zero-order valence-electron chi connectivity index (χ0n) is 16.1. The summed E-state index contributed by atoms with van der Waals surface area (Å²) in [5, 5.41) is 3.34. The third kappa shape index (κ3) is 4.34. The van der Waals surface area contributed by atoms with Crippen molar-refractivity contribution in [3.63, 3.8) is 0 Å². The number of benzene rings is 2. The molecule has 0 amide bonds. The molecule has 1 saturated heterocycles. The molecular formula is C22H25N5O. The van der Waals surface area contributed by atoms with Gasteiger partial charge in [0.15, 0.2) is 0 Å². The third-order valence-corrected chi connectivity index (χ3v) is 4.76. The lowest BCUT2D eigenvalue weighted by atomic mass is 10.2. The third-order valence-electron chi connectivity index (χ3n) is 4.76. The minimum absolute atomic E-state index is 0.666. The molecule has 0 bridgehead atoms. The standard InChI is InChI=1S/C22H25N5O/c1-2-28-20-10-8-18(9-11-20)24-21-12-13-23-22(25-21)27-16-14-26(15-17-27)19-6-4-3-5-7-19/h3-13H,2,14-17H2,1H3,(H,23,24,25). The molecule has 0 aliphatic carbocycles. The number of hydrogen-bond acceptors (Lipinski definition) is 6. The average molecular weight is 375 g/mol. The monoisotopic (exact) mass is 375 g/mol. The van der Waals surface area contributed by atoms with E-state index >= 15 is 0 Å². The molecule has 0 saturated carbocycles. The van der Waals surface area contributed by atoms with E-state index in [4.69, 9.17) is 9.72 Å². The Morgan fingerprint density at radius 1 is 0.893 bits per heavy atom. The molecule has 0 atom stereocenters. The van der Waals surface area contributed by atoms with Crippen LogP contribution in [0.25, 0.3) is 0 Å². The van der Waals surface area contributed by atoms with Gasteiger partial charge in [0.25, 0.3) is 0 Å². The van der Waals surface area contributed by atoms with E-state index in [9.17, 15) is 0 Å². The van der Waals surface area contributed by atoms with E-state index in [1.54, 1.807) is 0 Å². The van der Waals surface area contributed by atoms with E-state index in [2.05, 4.69) is 50.4 Å². The van der Waals surface area contributed by atoms with Gasteiger partial charge in [0.2, 0.25) is 5.95 Å². The van der Waals surface area contributed by atoms with Crippen molar-refractivity contribution >= 4 is 23.1 Å². The normalized spacial score (nSPS) is 14.0.